The third-order valence-corrected chi connectivity index (χ3v) is 9.32. The van der Waals surface area contributed by atoms with E-state index in [9.17, 15) is 14.4 Å². The van der Waals surface area contributed by atoms with Gasteiger partial charge in [0.05, 0.1) is 0 Å². The van der Waals surface area contributed by atoms with Crippen LogP contribution in [0, 0.1) is 0 Å². The molecule has 0 aliphatic heterocycles. The Bertz CT molecular complexity index is 949. The van der Waals surface area contributed by atoms with Crippen molar-refractivity contribution >= 4 is 17.9 Å². The normalized spacial score (nSPS) is 12.4. The maximum absolute atomic E-state index is 12.7. The Morgan fingerprint density at radius 1 is 0.396 bits per heavy atom. The fraction of sp³-hybridized carbons (Fsp3) is 0.766. The number of esters is 3. The van der Waals surface area contributed by atoms with Crippen LogP contribution >= 0.6 is 0 Å². The largest absolute Gasteiger partial charge is 0.462 e. The van der Waals surface area contributed by atoms with Crippen molar-refractivity contribution in [2.75, 3.05) is 13.2 Å². The van der Waals surface area contributed by atoms with Gasteiger partial charge in [0.15, 0.2) is 6.10 Å². The van der Waals surface area contributed by atoms with E-state index < -0.39 is 6.10 Å². The predicted octanol–water partition coefficient (Wildman–Crippen LogP) is 14.0. The number of allylic oxidation sites excluding steroid dienone is 8. The molecule has 0 saturated carbocycles. The maximum Gasteiger partial charge on any atom is 0.306 e. The van der Waals surface area contributed by atoms with Gasteiger partial charge < -0.3 is 14.2 Å². The van der Waals surface area contributed by atoms with E-state index in [2.05, 4.69) is 69.4 Å². The zero-order valence-electron chi connectivity index (χ0n) is 34.8. The van der Waals surface area contributed by atoms with Crippen LogP contribution < -0.4 is 0 Å². The smallest absolute Gasteiger partial charge is 0.306 e. The number of hydrogen-bond donors (Lipinski definition) is 0. The number of ether oxygens (including phenoxy) is 3. The van der Waals surface area contributed by atoms with Crippen LogP contribution in [0.15, 0.2) is 48.6 Å². The summed E-state index contributed by atoms with van der Waals surface area (Å²) in [5.41, 5.74) is 0. The average molecular weight is 743 g/mol. The molecule has 53 heavy (non-hydrogen) atoms. The van der Waals surface area contributed by atoms with Crippen molar-refractivity contribution in [1.82, 2.24) is 0 Å². The molecule has 1 unspecified atom stereocenters. The lowest BCUT2D eigenvalue weighted by atomic mass is 10.1. The highest BCUT2D eigenvalue weighted by Gasteiger charge is 2.19. The van der Waals surface area contributed by atoms with Crippen molar-refractivity contribution in [2.24, 2.45) is 0 Å². The van der Waals surface area contributed by atoms with Crippen molar-refractivity contribution in [3.8, 4) is 0 Å². The van der Waals surface area contributed by atoms with E-state index in [0.717, 1.165) is 109 Å². The van der Waals surface area contributed by atoms with Crippen LogP contribution in [0.25, 0.3) is 0 Å². The summed E-state index contributed by atoms with van der Waals surface area (Å²) < 4.78 is 16.6. The van der Waals surface area contributed by atoms with E-state index in [1.807, 2.05) is 0 Å². The summed E-state index contributed by atoms with van der Waals surface area (Å²) in [6, 6.07) is 0. The second-order valence-corrected chi connectivity index (χ2v) is 14.6. The van der Waals surface area contributed by atoms with E-state index in [1.165, 1.54) is 64.2 Å². The van der Waals surface area contributed by atoms with Gasteiger partial charge in [0.25, 0.3) is 0 Å². The van der Waals surface area contributed by atoms with Crippen molar-refractivity contribution in [3.05, 3.63) is 48.6 Å². The molecule has 0 aromatic carbocycles. The van der Waals surface area contributed by atoms with Gasteiger partial charge in [-0.3, -0.25) is 14.4 Å². The minimum Gasteiger partial charge on any atom is -0.462 e. The first-order valence-electron chi connectivity index (χ1n) is 22.1. The first-order valence-corrected chi connectivity index (χ1v) is 22.1. The molecule has 0 saturated heterocycles. The van der Waals surface area contributed by atoms with Crippen LogP contribution in [-0.2, 0) is 28.6 Å². The van der Waals surface area contributed by atoms with Gasteiger partial charge in [-0.2, -0.15) is 0 Å². The summed E-state index contributed by atoms with van der Waals surface area (Å²) in [4.78, 5) is 37.5. The number of hydrogen-bond acceptors (Lipinski definition) is 6. The molecule has 0 aliphatic carbocycles. The lowest BCUT2D eigenvalue weighted by Gasteiger charge is -2.18. The number of carbonyl (C=O) groups excluding carboxylic acids is 3. The molecule has 6 heteroatoms. The monoisotopic (exact) mass is 743 g/mol. The standard InChI is InChI=1S/C47H82O6/c1-4-7-10-13-16-18-20-22-24-26-27-29-31-34-37-40-46(49)52-43-44(42-51-45(48)39-36-33-15-12-9-6-3)53-47(50)41-38-35-32-30-28-25-23-21-19-17-14-11-8-5-2/h7,10,16,18,21-24,44H,4-6,8-9,11-15,17,19-20,25-43H2,1-3H3/b10-7-,18-16-,23-21-,24-22-. The zero-order chi connectivity index (χ0) is 38.7. The van der Waals surface area contributed by atoms with Crippen molar-refractivity contribution < 1.29 is 28.6 Å². The molecule has 0 N–H and O–H groups in total. The summed E-state index contributed by atoms with van der Waals surface area (Å²) >= 11 is 0. The molecule has 0 spiro atoms. The molecule has 306 valence electrons. The Balaban J connectivity index is 4.32. The Kier molecular flexibility index (Phi) is 40.0. The molecular weight excluding hydrogens is 661 g/mol. The minimum absolute atomic E-state index is 0.0824. The van der Waals surface area contributed by atoms with Gasteiger partial charge in [0.1, 0.15) is 13.2 Å². The lowest BCUT2D eigenvalue weighted by molar-refractivity contribution is -0.167. The van der Waals surface area contributed by atoms with Gasteiger partial charge in [-0.1, -0.05) is 166 Å². The molecule has 0 bridgehead atoms. The van der Waals surface area contributed by atoms with Gasteiger partial charge in [-0.25, -0.2) is 0 Å². The highest BCUT2D eigenvalue weighted by Crippen LogP contribution is 2.13. The predicted molar refractivity (Wildman–Crippen MR) is 224 cm³/mol. The van der Waals surface area contributed by atoms with Gasteiger partial charge in [-0.15, -0.1) is 0 Å². The van der Waals surface area contributed by atoms with Crippen LogP contribution in [-0.4, -0.2) is 37.2 Å². The van der Waals surface area contributed by atoms with E-state index in [0.29, 0.717) is 19.3 Å². The SMILES string of the molecule is CC/C=C\C/C=C\C/C=C\CCCCCCCC(=O)OCC(COC(=O)CCCCCCCC)OC(=O)CCCCCCC/C=C\CCCCCCC. The Morgan fingerprint density at radius 3 is 1.17 bits per heavy atom. The second kappa shape index (κ2) is 42.1. The van der Waals surface area contributed by atoms with Gasteiger partial charge >= 0.3 is 17.9 Å². The first kappa shape index (κ1) is 50.4. The van der Waals surface area contributed by atoms with Crippen molar-refractivity contribution in [2.45, 2.75) is 219 Å². The molecule has 0 aromatic heterocycles. The Labute approximate surface area is 327 Å². The van der Waals surface area contributed by atoms with Crippen LogP contribution in [0.3, 0.4) is 0 Å². The highest BCUT2D eigenvalue weighted by atomic mass is 16.6. The lowest BCUT2D eigenvalue weighted by Crippen LogP contribution is -2.30. The molecule has 0 amide bonds. The number of rotatable bonds is 39. The van der Waals surface area contributed by atoms with Crippen LogP contribution in [0.2, 0.25) is 0 Å². The summed E-state index contributed by atoms with van der Waals surface area (Å²) in [6.45, 7) is 6.42. The Hall–Kier alpha value is -2.63. The molecule has 0 fully saturated rings. The summed E-state index contributed by atoms with van der Waals surface area (Å²) in [7, 11) is 0. The molecule has 6 nitrogen and oxygen atoms in total. The Morgan fingerprint density at radius 2 is 0.736 bits per heavy atom. The molecule has 0 radical (unpaired) electrons. The summed E-state index contributed by atoms with van der Waals surface area (Å²) in [6.07, 6.45) is 48.2. The summed E-state index contributed by atoms with van der Waals surface area (Å²) in [5.74, 6) is -0.920. The van der Waals surface area contributed by atoms with Gasteiger partial charge in [-0.05, 0) is 77.0 Å². The molecular formula is C47H82O6. The molecule has 1 atom stereocenters. The zero-order valence-corrected chi connectivity index (χ0v) is 34.8. The fourth-order valence-electron chi connectivity index (χ4n) is 5.98. The molecule has 0 aromatic rings. The quantitative estimate of drug-likeness (QED) is 0.0270. The highest BCUT2D eigenvalue weighted by molar-refractivity contribution is 5.71. The number of carbonyl (C=O) groups is 3. The van der Waals surface area contributed by atoms with E-state index in [1.54, 1.807) is 0 Å². The topological polar surface area (TPSA) is 78.9 Å². The molecule has 0 aliphatic rings. The van der Waals surface area contributed by atoms with E-state index in [-0.39, 0.29) is 31.1 Å². The van der Waals surface area contributed by atoms with Crippen LogP contribution in [0.5, 0.6) is 0 Å². The van der Waals surface area contributed by atoms with E-state index in [4.69, 9.17) is 14.2 Å². The average Bonchev–Trinajstić information content (AvgIpc) is 3.15. The van der Waals surface area contributed by atoms with Gasteiger partial charge in [0.2, 0.25) is 0 Å². The van der Waals surface area contributed by atoms with E-state index >= 15 is 0 Å². The first-order chi connectivity index (χ1) is 26.0. The third-order valence-electron chi connectivity index (χ3n) is 9.32. The summed E-state index contributed by atoms with van der Waals surface area (Å²) in [5, 5.41) is 0. The molecule has 0 heterocycles. The van der Waals surface area contributed by atoms with Crippen LogP contribution in [0.1, 0.15) is 213 Å². The second-order valence-electron chi connectivity index (χ2n) is 14.6. The number of unbranched alkanes of at least 4 members (excludes halogenated alkanes) is 20. The molecule has 0 rings (SSSR count). The van der Waals surface area contributed by atoms with Crippen LogP contribution in [0.4, 0.5) is 0 Å². The fourth-order valence-corrected chi connectivity index (χ4v) is 5.98. The van der Waals surface area contributed by atoms with Gasteiger partial charge in [0, 0.05) is 19.3 Å². The third kappa shape index (κ3) is 40.4. The minimum atomic E-state index is -0.778. The van der Waals surface area contributed by atoms with Crippen molar-refractivity contribution in [3.63, 3.8) is 0 Å². The maximum atomic E-state index is 12.7. The van der Waals surface area contributed by atoms with Crippen molar-refractivity contribution in [1.29, 1.82) is 0 Å².